The summed E-state index contributed by atoms with van der Waals surface area (Å²) < 4.78 is 5.07. The molecule has 1 unspecified atom stereocenters. The summed E-state index contributed by atoms with van der Waals surface area (Å²) in [5.41, 5.74) is 0.786. The Kier molecular flexibility index (Phi) is 3.64. The number of nitrogens with zero attached hydrogens (tertiary/aromatic N) is 2. The topological polar surface area (TPSA) is 84.3 Å². The van der Waals surface area contributed by atoms with Crippen LogP contribution in [0.15, 0.2) is 6.07 Å². The number of anilines is 1. The molecule has 1 saturated carbocycles. The molecule has 1 aliphatic carbocycles. The molecule has 98 valence electrons. The van der Waals surface area contributed by atoms with Crippen molar-refractivity contribution >= 4 is 11.9 Å². The first-order chi connectivity index (χ1) is 8.58. The van der Waals surface area contributed by atoms with Gasteiger partial charge < -0.3 is 15.2 Å². The van der Waals surface area contributed by atoms with Crippen molar-refractivity contribution in [2.24, 2.45) is 5.92 Å². The lowest BCUT2D eigenvalue weighted by molar-refractivity contribution is -0.137. The number of aryl methyl sites for hydroxylation is 1. The lowest BCUT2D eigenvalue weighted by atomic mass is 10.1. The lowest BCUT2D eigenvalue weighted by Gasteiger charge is -2.16. The molecule has 0 amide bonds. The summed E-state index contributed by atoms with van der Waals surface area (Å²) in [6.45, 7) is 1.85. The molecule has 2 N–H and O–H groups in total. The highest BCUT2D eigenvalue weighted by molar-refractivity contribution is 5.68. The Morgan fingerprint density at radius 1 is 1.61 bits per heavy atom. The zero-order valence-electron chi connectivity index (χ0n) is 10.5. The first-order valence-corrected chi connectivity index (χ1v) is 5.96. The summed E-state index contributed by atoms with van der Waals surface area (Å²) in [7, 11) is 1.54. The van der Waals surface area contributed by atoms with Crippen molar-refractivity contribution in [1.29, 1.82) is 0 Å². The van der Waals surface area contributed by atoms with Gasteiger partial charge in [0.1, 0.15) is 0 Å². The van der Waals surface area contributed by atoms with Crippen molar-refractivity contribution in [3.05, 3.63) is 11.8 Å². The number of aromatic nitrogens is 2. The van der Waals surface area contributed by atoms with Gasteiger partial charge >= 0.3 is 5.97 Å². The third-order valence-corrected chi connectivity index (χ3v) is 2.94. The van der Waals surface area contributed by atoms with Crippen LogP contribution in [0.4, 0.5) is 5.95 Å². The number of methoxy groups -OCH3 is 1. The Balaban J connectivity index is 2.10. The number of nitrogens with one attached hydrogen (secondary N) is 1. The van der Waals surface area contributed by atoms with Crippen molar-refractivity contribution < 1.29 is 14.6 Å². The summed E-state index contributed by atoms with van der Waals surface area (Å²) in [6, 6.07) is 1.63. The van der Waals surface area contributed by atoms with E-state index in [1.54, 1.807) is 13.2 Å². The summed E-state index contributed by atoms with van der Waals surface area (Å²) in [5, 5.41) is 12.0. The van der Waals surface area contributed by atoms with Gasteiger partial charge in [-0.15, -0.1) is 0 Å². The van der Waals surface area contributed by atoms with Gasteiger partial charge in [-0.1, -0.05) is 0 Å². The van der Waals surface area contributed by atoms with Crippen molar-refractivity contribution in [2.75, 3.05) is 12.4 Å². The van der Waals surface area contributed by atoms with Gasteiger partial charge in [-0.3, -0.25) is 4.79 Å². The van der Waals surface area contributed by atoms with Gasteiger partial charge in [-0.25, -0.2) is 4.98 Å². The van der Waals surface area contributed by atoms with E-state index in [0.717, 1.165) is 18.5 Å². The van der Waals surface area contributed by atoms with Crippen LogP contribution in [0.3, 0.4) is 0 Å². The van der Waals surface area contributed by atoms with E-state index in [1.165, 1.54) is 0 Å². The number of carboxylic acid groups (broad SMARTS) is 1. The van der Waals surface area contributed by atoms with Crippen LogP contribution < -0.4 is 10.1 Å². The van der Waals surface area contributed by atoms with E-state index in [2.05, 4.69) is 15.3 Å². The summed E-state index contributed by atoms with van der Waals surface area (Å²) in [4.78, 5) is 19.2. The monoisotopic (exact) mass is 251 g/mol. The average molecular weight is 251 g/mol. The second kappa shape index (κ2) is 5.20. The molecule has 1 fully saturated rings. The first-order valence-electron chi connectivity index (χ1n) is 5.96. The maximum absolute atomic E-state index is 10.8. The molecule has 1 atom stereocenters. The minimum atomic E-state index is -0.806. The fraction of sp³-hybridized carbons (Fsp3) is 0.583. The normalized spacial score (nSPS) is 16.1. The molecule has 0 saturated heterocycles. The Labute approximate surface area is 105 Å². The second-order valence-electron chi connectivity index (χ2n) is 4.56. The van der Waals surface area contributed by atoms with Crippen molar-refractivity contribution in [1.82, 2.24) is 9.97 Å². The van der Waals surface area contributed by atoms with Crippen LogP contribution in [0.25, 0.3) is 0 Å². The average Bonchev–Trinajstić information content (AvgIpc) is 3.10. The molecule has 1 aromatic rings. The van der Waals surface area contributed by atoms with E-state index < -0.39 is 5.97 Å². The smallest absolute Gasteiger partial charge is 0.305 e. The third-order valence-electron chi connectivity index (χ3n) is 2.94. The molecule has 18 heavy (non-hydrogen) atoms. The van der Waals surface area contributed by atoms with Gasteiger partial charge in [0.25, 0.3) is 0 Å². The van der Waals surface area contributed by atoms with E-state index in [1.807, 2.05) is 6.92 Å². The summed E-state index contributed by atoms with van der Waals surface area (Å²) in [5.74, 6) is 0.523. The van der Waals surface area contributed by atoms with Crippen LogP contribution in [0.5, 0.6) is 5.88 Å². The number of ether oxygens (including phenoxy) is 1. The van der Waals surface area contributed by atoms with E-state index in [-0.39, 0.29) is 12.5 Å². The molecular weight excluding hydrogens is 234 g/mol. The number of rotatable bonds is 6. The van der Waals surface area contributed by atoms with Crippen LogP contribution >= 0.6 is 0 Å². The fourth-order valence-corrected chi connectivity index (χ4v) is 1.90. The molecule has 1 aromatic heterocycles. The number of aliphatic carboxylic acids is 1. The summed E-state index contributed by atoms with van der Waals surface area (Å²) in [6.07, 6.45) is 2.21. The molecule has 0 aromatic carbocycles. The fourth-order valence-electron chi connectivity index (χ4n) is 1.90. The lowest BCUT2D eigenvalue weighted by Crippen LogP contribution is -2.26. The molecule has 0 aliphatic heterocycles. The molecule has 0 bridgehead atoms. The van der Waals surface area contributed by atoms with Crippen molar-refractivity contribution in [3.63, 3.8) is 0 Å². The minimum absolute atomic E-state index is 0.0876. The predicted octanol–water partition coefficient (Wildman–Crippen LogP) is 1.46. The van der Waals surface area contributed by atoms with E-state index in [0.29, 0.717) is 17.7 Å². The number of carbonyl (C=O) groups is 1. The molecule has 6 heteroatoms. The highest BCUT2D eigenvalue weighted by atomic mass is 16.5. The first kappa shape index (κ1) is 12.6. The van der Waals surface area contributed by atoms with Crippen LogP contribution in [-0.4, -0.2) is 34.2 Å². The number of hydrogen-bond donors (Lipinski definition) is 2. The van der Waals surface area contributed by atoms with Crippen molar-refractivity contribution in [2.45, 2.75) is 32.2 Å². The molecule has 6 nitrogen and oxygen atoms in total. The van der Waals surface area contributed by atoms with Gasteiger partial charge in [-0.05, 0) is 25.7 Å². The van der Waals surface area contributed by atoms with Crippen LogP contribution in [0.1, 0.15) is 25.0 Å². The molecule has 0 spiro atoms. The van der Waals surface area contributed by atoms with Gasteiger partial charge in [0.15, 0.2) is 0 Å². The largest absolute Gasteiger partial charge is 0.481 e. The van der Waals surface area contributed by atoms with Gasteiger partial charge in [-0.2, -0.15) is 4.98 Å². The second-order valence-corrected chi connectivity index (χ2v) is 4.56. The molecule has 1 heterocycles. The third kappa shape index (κ3) is 3.32. The molecule has 0 radical (unpaired) electrons. The van der Waals surface area contributed by atoms with Gasteiger partial charge in [0, 0.05) is 17.8 Å². The quantitative estimate of drug-likeness (QED) is 0.796. The van der Waals surface area contributed by atoms with Gasteiger partial charge in [0.05, 0.1) is 13.5 Å². The van der Waals surface area contributed by atoms with Crippen LogP contribution in [0, 0.1) is 12.8 Å². The molecule has 1 aliphatic rings. The number of hydrogen-bond acceptors (Lipinski definition) is 5. The Bertz CT molecular complexity index is 446. The highest BCUT2D eigenvalue weighted by Gasteiger charge is 2.33. The van der Waals surface area contributed by atoms with E-state index in [4.69, 9.17) is 9.84 Å². The van der Waals surface area contributed by atoms with Gasteiger partial charge in [0.2, 0.25) is 11.8 Å². The Hall–Kier alpha value is -1.85. The van der Waals surface area contributed by atoms with E-state index >= 15 is 0 Å². The predicted molar refractivity (Wildman–Crippen MR) is 65.7 cm³/mol. The molecule has 2 rings (SSSR count). The SMILES string of the molecule is COc1cc(C)nc(NC(CC(=O)O)C2CC2)n1. The Morgan fingerprint density at radius 3 is 2.89 bits per heavy atom. The van der Waals surface area contributed by atoms with E-state index in [9.17, 15) is 4.79 Å². The van der Waals surface area contributed by atoms with Crippen LogP contribution in [-0.2, 0) is 4.79 Å². The zero-order chi connectivity index (χ0) is 13.1. The number of carboxylic acids is 1. The minimum Gasteiger partial charge on any atom is -0.481 e. The molecular formula is C12H17N3O3. The summed E-state index contributed by atoms with van der Waals surface area (Å²) >= 11 is 0. The maximum atomic E-state index is 10.8. The standard InChI is InChI=1S/C12H17N3O3/c1-7-5-10(18-2)15-12(13-7)14-9(6-11(16)17)8-3-4-8/h5,8-9H,3-4,6H2,1-2H3,(H,16,17)(H,13,14,15). The van der Waals surface area contributed by atoms with Crippen molar-refractivity contribution in [3.8, 4) is 5.88 Å². The zero-order valence-corrected chi connectivity index (χ0v) is 10.5. The highest BCUT2D eigenvalue weighted by Crippen LogP contribution is 2.35. The Morgan fingerprint density at radius 2 is 2.33 bits per heavy atom. The maximum Gasteiger partial charge on any atom is 0.305 e. The van der Waals surface area contributed by atoms with Crippen LogP contribution in [0.2, 0.25) is 0 Å².